The molecule has 6 aliphatic rings. The quantitative estimate of drug-likeness (QED) is 0.324. The second kappa shape index (κ2) is 11.4. The van der Waals surface area contributed by atoms with E-state index in [2.05, 4.69) is 59.9 Å². The van der Waals surface area contributed by atoms with Crippen molar-refractivity contribution in [3.8, 4) is 0 Å². The summed E-state index contributed by atoms with van der Waals surface area (Å²) < 4.78 is 6.97. The van der Waals surface area contributed by atoms with E-state index in [-0.39, 0.29) is 56.6 Å². The van der Waals surface area contributed by atoms with Gasteiger partial charge in [-0.3, -0.25) is 14.4 Å². The Kier molecular flexibility index (Phi) is 8.09. The molecule has 48 heavy (non-hydrogen) atoms. The Balaban J connectivity index is 1.20. The van der Waals surface area contributed by atoms with E-state index in [1.165, 1.54) is 25.5 Å². The Morgan fingerprint density at radius 2 is 1.69 bits per heavy atom. The summed E-state index contributed by atoms with van der Waals surface area (Å²) in [5.41, 5.74) is 2.32. The summed E-state index contributed by atoms with van der Waals surface area (Å²) in [6.45, 7) is 18.6. The lowest BCUT2D eigenvalue weighted by Crippen LogP contribution is -2.66. The van der Waals surface area contributed by atoms with Crippen LogP contribution in [-0.2, 0) is 26.2 Å². The minimum absolute atomic E-state index is 0.0950. The van der Waals surface area contributed by atoms with Crippen molar-refractivity contribution < 1.29 is 19.1 Å². The van der Waals surface area contributed by atoms with Gasteiger partial charge in [-0.05, 0) is 148 Å². The van der Waals surface area contributed by atoms with Crippen LogP contribution in [0.3, 0.4) is 0 Å². The van der Waals surface area contributed by atoms with E-state index in [0.29, 0.717) is 12.3 Å². The molecule has 2 unspecified atom stereocenters. The molecule has 0 spiro atoms. The maximum absolute atomic E-state index is 14.9. The molecule has 2 heterocycles. The summed E-state index contributed by atoms with van der Waals surface area (Å²) in [6, 6.07) is 0. The predicted octanol–water partition coefficient (Wildman–Crippen LogP) is 7.86. The number of carbonyl (C=O) groups is 3. The molecule has 1 saturated heterocycles. The highest BCUT2D eigenvalue weighted by molar-refractivity contribution is 5.96. The number of methoxy groups -OCH3 is 1. The molecule has 7 rings (SSSR count). The summed E-state index contributed by atoms with van der Waals surface area (Å²) in [6.07, 6.45) is 16.7. The number of ether oxygens (including phenoxy) is 1. The van der Waals surface area contributed by atoms with Gasteiger partial charge in [0.25, 0.3) is 0 Å². The molecule has 7 nitrogen and oxygen atoms in total. The van der Waals surface area contributed by atoms with E-state index in [9.17, 15) is 14.4 Å². The first kappa shape index (κ1) is 34.2. The highest BCUT2D eigenvalue weighted by Crippen LogP contribution is 2.74. The molecule has 3 saturated carbocycles. The van der Waals surface area contributed by atoms with E-state index in [1.807, 2.05) is 6.20 Å². The molecule has 5 aliphatic carbocycles. The Morgan fingerprint density at radius 1 is 0.979 bits per heavy atom. The first-order valence-electron chi connectivity index (χ1n) is 19.2. The lowest BCUT2D eigenvalue weighted by Gasteiger charge is -2.69. The largest absolute Gasteiger partial charge is 0.469 e. The number of ketones is 1. The van der Waals surface area contributed by atoms with Crippen LogP contribution in [0.4, 0.5) is 0 Å². The van der Waals surface area contributed by atoms with Crippen LogP contribution in [0.25, 0.3) is 0 Å². The van der Waals surface area contributed by atoms with Gasteiger partial charge >= 0.3 is 5.97 Å². The predicted molar refractivity (Wildman–Crippen MR) is 187 cm³/mol. The van der Waals surface area contributed by atoms with Crippen molar-refractivity contribution >= 4 is 17.7 Å². The Hall–Kier alpha value is -2.28. The smallest absolute Gasteiger partial charge is 0.311 e. The van der Waals surface area contributed by atoms with Gasteiger partial charge < -0.3 is 10.1 Å². The van der Waals surface area contributed by atoms with Crippen LogP contribution in [0.2, 0.25) is 0 Å². The fourth-order valence-corrected chi connectivity index (χ4v) is 13.0. The standard InChI is InChI=1S/C41H61N3O4/c1-36(2)31-12-15-41(7)33(30(45)22-28-29-24-38(4,35(47)48-8)17-16-37(29,3)18-19-40(28,41)6)39(31,5)23-27-25-44(43-34(27)36)32(46)11-9-10-26-13-20-42-21-14-26/h22,25-26,29,31,33,42H,9-21,23-24H2,1-8H3/t29-,31?,33?,37+,38+,39-,40+,41+/m0/s1. The zero-order chi connectivity index (χ0) is 34.5. The molecule has 264 valence electrons. The van der Waals surface area contributed by atoms with Crippen molar-refractivity contribution in [3.63, 3.8) is 0 Å². The molecule has 7 heteroatoms. The van der Waals surface area contributed by atoms with Gasteiger partial charge in [0.2, 0.25) is 5.91 Å². The lowest BCUT2D eigenvalue weighted by molar-refractivity contribution is -0.174. The number of nitrogens with one attached hydrogen (secondary N) is 1. The highest BCUT2D eigenvalue weighted by Gasteiger charge is 2.70. The average molecular weight is 660 g/mol. The van der Waals surface area contributed by atoms with Crippen molar-refractivity contribution in [1.82, 2.24) is 15.1 Å². The lowest BCUT2D eigenvalue weighted by atomic mass is 9.33. The molecule has 0 bridgehead atoms. The third kappa shape index (κ3) is 4.82. The number of esters is 1. The van der Waals surface area contributed by atoms with Crippen molar-refractivity contribution in [2.45, 2.75) is 137 Å². The maximum atomic E-state index is 14.9. The third-order valence-corrected chi connectivity index (χ3v) is 16.1. The van der Waals surface area contributed by atoms with Crippen LogP contribution >= 0.6 is 0 Å². The van der Waals surface area contributed by atoms with Crippen LogP contribution in [0.5, 0.6) is 0 Å². The molecule has 1 aliphatic heterocycles. The maximum Gasteiger partial charge on any atom is 0.311 e. The average Bonchev–Trinajstić information content (AvgIpc) is 3.47. The molecular formula is C41H61N3O4. The number of rotatable bonds is 5. The molecule has 4 fully saturated rings. The zero-order valence-electron chi connectivity index (χ0n) is 31.1. The Bertz CT molecular complexity index is 1540. The number of carbonyl (C=O) groups excluding carboxylic acids is 3. The van der Waals surface area contributed by atoms with Gasteiger partial charge in [0.1, 0.15) is 0 Å². The number of allylic oxidation sites excluding steroid dienone is 2. The number of piperidine rings is 1. The Labute approximate surface area is 288 Å². The molecule has 1 N–H and O–H groups in total. The van der Waals surface area contributed by atoms with Gasteiger partial charge in [-0.1, -0.05) is 47.1 Å². The monoisotopic (exact) mass is 659 g/mol. The first-order chi connectivity index (χ1) is 22.5. The van der Waals surface area contributed by atoms with Gasteiger partial charge in [0, 0.05) is 24.0 Å². The van der Waals surface area contributed by atoms with E-state index in [0.717, 1.165) is 94.5 Å². The van der Waals surface area contributed by atoms with E-state index < -0.39 is 5.41 Å². The van der Waals surface area contributed by atoms with E-state index >= 15 is 0 Å². The van der Waals surface area contributed by atoms with Crippen molar-refractivity contribution in [2.24, 2.45) is 50.7 Å². The van der Waals surface area contributed by atoms with Crippen LogP contribution in [0.15, 0.2) is 17.8 Å². The van der Waals surface area contributed by atoms with Crippen molar-refractivity contribution in [3.05, 3.63) is 29.1 Å². The minimum atomic E-state index is -0.517. The molecule has 0 aromatic carbocycles. The van der Waals surface area contributed by atoms with Gasteiger partial charge in [0.15, 0.2) is 5.78 Å². The number of hydrogen-bond acceptors (Lipinski definition) is 6. The fraction of sp³-hybridized carbons (Fsp3) is 0.805. The van der Waals surface area contributed by atoms with E-state index in [1.54, 1.807) is 4.68 Å². The Morgan fingerprint density at radius 3 is 2.40 bits per heavy atom. The summed E-state index contributed by atoms with van der Waals surface area (Å²) in [5, 5.41) is 8.46. The van der Waals surface area contributed by atoms with Crippen molar-refractivity contribution in [2.75, 3.05) is 20.2 Å². The van der Waals surface area contributed by atoms with Gasteiger partial charge in [-0.25, -0.2) is 4.68 Å². The minimum Gasteiger partial charge on any atom is -0.469 e. The van der Waals surface area contributed by atoms with Gasteiger partial charge in [-0.15, -0.1) is 0 Å². The molecule has 8 atom stereocenters. The van der Waals surface area contributed by atoms with Crippen LogP contribution in [0, 0.1) is 50.7 Å². The number of nitrogens with zero attached hydrogens (tertiary/aromatic N) is 2. The van der Waals surface area contributed by atoms with E-state index in [4.69, 9.17) is 9.84 Å². The van der Waals surface area contributed by atoms with Gasteiger partial charge in [-0.2, -0.15) is 5.10 Å². The SMILES string of the molecule is COC(=O)[C@]1(C)CC[C@]2(C)CC[C@]3(C)C(=CC(=O)C4[C@@]5(C)Cc6cn(C(=O)CCCC7CCNCC7)nc6C(C)(C)C5CC[C@]43C)[C@@H]2C1. The normalized spacial score (nSPS) is 42.0. The second-order valence-electron chi connectivity index (χ2n) is 19.1. The number of fused-ring (bicyclic) bond motifs is 8. The number of hydrogen-bond donors (Lipinski definition) is 1. The molecule has 0 radical (unpaired) electrons. The summed E-state index contributed by atoms with van der Waals surface area (Å²) in [4.78, 5) is 41.4. The van der Waals surface area contributed by atoms with Crippen molar-refractivity contribution in [1.29, 1.82) is 0 Å². The zero-order valence-corrected chi connectivity index (χ0v) is 31.1. The van der Waals surface area contributed by atoms with Crippen LogP contribution in [0.1, 0.15) is 142 Å². The second-order valence-corrected chi connectivity index (χ2v) is 19.1. The molecular weight excluding hydrogens is 598 g/mol. The fourth-order valence-electron chi connectivity index (χ4n) is 13.0. The van der Waals surface area contributed by atoms with Crippen LogP contribution < -0.4 is 5.32 Å². The highest BCUT2D eigenvalue weighted by atomic mass is 16.5. The summed E-state index contributed by atoms with van der Waals surface area (Å²) >= 11 is 0. The molecule has 1 aromatic rings. The van der Waals surface area contributed by atoms with Crippen LogP contribution in [-0.4, -0.2) is 47.6 Å². The summed E-state index contributed by atoms with van der Waals surface area (Å²) in [7, 11) is 1.51. The first-order valence-corrected chi connectivity index (χ1v) is 19.2. The number of aromatic nitrogens is 2. The molecule has 1 aromatic heterocycles. The molecule has 0 amide bonds. The van der Waals surface area contributed by atoms with Gasteiger partial charge in [0.05, 0.1) is 18.2 Å². The summed E-state index contributed by atoms with van der Waals surface area (Å²) in [5.74, 6) is 1.38. The third-order valence-electron chi connectivity index (χ3n) is 16.1. The topological polar surface area (TPSA) is 90.3 Å².